The highest BCUT2D eigenvalue weighted by Gasteiger charge is 2.42. The molecule has 0 heterocycles. The summed E-state index contributed by atoms with van der Waals surface area (Å²) in [6.07, 6.45) is 11.8. The summed E-state index contributed by atoms with van der Waals surface area (Å²) in [6, 6.07) is 26.0. The van der Waals surface area contributed by atoms with Gasteiger partial charge in [0.25, 0.3) is 0 Å². The van der Waals surface area contributed by atoms with Crippen molar-refractivity contribution in [3.63, 3.8) is 0 Å². The van der Waals surface area contributed by atoms with Crippen LogP contribution in [0.4, 0.5) is 0 Å². The molecule has 1 unspecified atom stereocenters. The minimum absolute atomic E-state index is 0.209. The Labute approximate surface area is 214 Å². The van der Waals surface area contributed by atoms with Crippen LogP contribution in [0, 0.1) is 0 Å². The molecular formula is C31H36ClNO2. The molecule has 1 fully saturated rings. The van der Waals surface area contributed by atoms with Crippen molar-refractivity contribution in [2.45, 2.75) is 69.3 Å². The molecule has 1 atom stereocenters. The molecule has 0 aliphatic heterocycles. The van der Waals surface area contributed by atoms with E-state index >= 15 is 0 Å². The van der Waals surface area contributed by atoms with E-state index in [0.29, 0.717) is 10.9 Å². The third-order valence-electron chi connectivity index (χ3n) is 7.26. The van der Waals surface area contributed by atoms with Crippen LogP contribution in [0.1, 0.15) is 86.0 Å². The fourth-order valence-corrected chi connectivity index (χ4v) is 5.68. The normalized spacial score (nSPS) is 17.3. The van der Waals surface area contributed by atoms with E-state index < -0.39 is 11.6 Å². The predicted octanol–water partition coefficient (Wildman–Crippen LogP) is 7.74. The van der Waals surface area contributed by atoms with Gasteiger partial charge in [-0.1, -0.05) is 129 Å². The molecule has 4 heteroatoms. The Kier molecular flexibility index (Phi) is 9.01. The van der Waals surface area contributed by atoms with Crippen molar-refractivity contribution in [1.82, 2.24) is 0 Å². The third kappa shape index (κ3) is 5.97. The van der Waals surface area contributed by atoms with Crippen molar-refractivity contribution in [2.75, 3.05) is 6.54 Å². The minimum atomic E-state index is -1.19. The summed E-state index contributed by atoms with van der Waals surface area (Å²) in [6.45, 7) is -0.209. The largest absolute Gasteiger partial charge is 0.443 e. The lowest BCUT2D eigenvalue weighted by atomic mass is 9.78. The van der Waals surface area contributed by atoms with Gasteiger partial charge in [0.1, 0.15) is 0 Å². The number of carbonyl (C=O) groups excluding carboxylic acids is 1. The minimum Gasteiger partial charge on any atom is -0.443 e. The van der Waals surface area contributed by atoms with E-state index in [-0.39, 0.29) is 6.54 Å². The van der Waals surface area contributed by atoms with E-state index in [1.165, 1.54) is 63.4 Å². The highest BCUT2D eigenvalue weighted by Crippen LogP contribution is 2.44. The van der Waals surface area contributed by atoms with Gasteiger partial charge in [0.15, 0.2) is 5.60 Å². The SMILES string of the molecule is NCC(=O)OC(c1ccccc1)(c1ccc(C2CCCCCCCCC2)cc1)c1ccccc1Cl. The Balaban J connectivity index is 1.78. The highest BCUT2D eigenvalue weighted by atomic mass is 35.5. The second-order valence-corrected chi connectivity index (χ2v) is 9.98. The van der Waals surface area contributed by atoms with Crippen molar-refractivity contribution in [1.29, 1.82) is 0 Å². The van der Waals surface area contributed by atoms with Crippen LogP contribution in [0.3, 0.4) is 0 Å². The molecule has 3 aromatic carbocycles. The van der Waals surface area contributed by atoms with Crippen molar-refractivity contribution in [3.05, 3.63) is 106 Å². The van der Waals surface area contributed by atoms with E-state index in [2.05, 4.69) is 24.3 Å². The first kappa shape index (κ1) is 25.5. The lowest BCUT2D eigenvalue weighted by Crippen LogP contribution is -2.37. The van der Waals surface area contributed by atoms with E-state index in [1.807, 2.05) is 54.6 Å². The van der Waals surface area contributed by atoms with Crippen LogP contribution in [-0.4, -0.2) is 12.5 Å². The van der Waals surface area contributed by atoms with Crippen LogP contribution in [0.2, 0.25) is 5.02 Å². The molecule has 4 rings (SSSR count). The van der Waals surface area contributed by atoms with Crippen LogP contribution in [0.15, 0.2) is 78.9 Å². The summed E-state index contributed by atoms with van der Waals surface area (Å²) in [7, 11) is 0. The molecule has 1 aliphatic carbocycles. The lowest BCUT2D eigenvalue weighted by Gasteiger charge is -2.36. The molecule has 35 heavy (non-hydrogen) atoms. The molecule has 0 bridgehead atoms. The number of esters is 1. The molecule has 0 amide bonds. The van der Waals surface area contributed by atoms with Gasteiger partial charge >= 0.3 is 5.97 Å². The van der Waals surface area contributed by atoms with E-state index in [9.17, 15) is 4.79 Å². The zero-order chi connectivity index (χ0) is 24.5. The third-order valence-corrected chi connectivity index (χ3v) is 7.59. The maximum atomic E-state index is 12.7. The van der Waals surface area contributed by atoms with Crippen LogP contribution in [-0.2, 0) is 15.1 Å². The number of nitrogens with two attached hydrogens (primary N) is 1. The first-order valence-corrected chi connectivity index (χ1v) is 13.4. The predicted molar refractivity (Wildman–Crippen MR) is 144 cm³/mol. The van der Waals surface area contributed by atoms with Gasteiger partial charge in [-0.2, -0.15) is 0 Å². The summed E-state index contributed by atoms with van der Waals surface area (Å²) in [4.78, 5) is 12.7. The van der Waals surface area contributed by atoms with E-state index in [4.69, 9.17) is 22.1 Å². The summed E-state index contributed by atoms with van der Waals surface area (Å²) >= 11 is 6.73. The zero-order valence-electron chi connectivity index (χ0n) is 20.4. The van der Waals surface area contributed by atoms with Crippen molar-refractivity contribution in [2.24, 2.45) is 5.73 Å². The first-order chi connectivity index (χ1) is 17.1. The number of hydrogen-bond donors (Lipinski definition) is 1. The topological polar surface area (TPSA) is 52.3 Å². The number of halogens is 1. The second-order valence-electron chi connectivity index (χ2n) is 9.58. The highest BCUT2D eigenvalue weighted by molar-refractivity contribution is 6.31. The summed E-state index contributed by atoms with van der Waals surface area (Å²) in [5.74, 6) is 0.0883. The molecule has 1 saturated carbocycles. The zero-order valence-corrected chi connectivity index (χ0v) is 21.2. The van der Waals surface area contributed by atoms with Gasteiger partial charge < -0.3 is 10.5 Å². The quantitative estimate of drug-likeness (QED) is 0.284. The Hall–Kier alpha value is -2.62. The summed E-state index contributed by atoms with van der Waals surface area (Å²) in [5, 5.41) is 0.539. The Bertz CT molecular complexity index is 1070. The molecule has 184 valence electrons. The average Bonchev–Trinajstić information content (AvgIpc) is 2.91. The van der Waals surface area contributed by atoms with E-state index in [0.717, 1.165) is 16.7 Å². The van der Waals surface area contributed by atoms with Crippen LogP contribution >= 0.6 is 11.6 Å². The molecule has 0 saturated heterocycles. The molecule has 2 N–H and O–H groups in total. The number of ether oxygens (including phenoxy) is 1. The number of hydrogen-bond acceptors (Lipinski definition) is 3. The van der Waals surface area contributed by atoms with Gasteiger partial charge in [-0.3, -0.25) is 4.79 Å². The lowest BCUT2D eigenvalue weighted by molar-refractivity contribution is -0.151. The van der Waals surface area contributed by atoms with Crippen molar-refractivity contribution < 1.29 is 9.53 Å². The van der Waals surface area contributed by atoms with Crippen LogP contribution in [0.5, 0.6) is 0 Å². The molecule has 0 aromatic heterocycles. The molecule has 1 aliphatic rings. The number of benzene rings is 3. The van der Waals surface area contributed by atoms with Gasteiger partial charge in [-0.05, 0) is 30.4 Å². The van der Waals surface area contributed by atoms with Gasteiger partial charge in [-0.25, -0.2) is 0 Å². The molecular weight excluding hydrogens is 454 g/mol. The Morgan fingerprint density at radius 1 is 0.771 bits per heavy atom. The maximum Gasteiger partial charge on any atom is 0.321 e. The second kappa shape index (κ2) is 12.4. The van der Waals surface area contributed by atoms with Gasteiger partial charge in [-0.15, -0.1) is 0 Å². The Morgan fingerprint density at radius 2 is 1.31 bits per heavy atom. The maximum absolute atomic E-state index is 12.7. The number of carbonyl (C=O) groups is 1. The average molecular weight is 490 g/mol. The van der Waals surface area contributed by atoms with Crippen molar-refractivity contribution >= 4 is 17.6 Å². The molecule has 3 nitrogen and oxygen atoms in total. The first-order valence-electron chi connectivity index (χ1n) is 13.0. The smallest absolute Gasteiger partial charge is 0.321 e. The monoisotopic (exact) mass is 489 g/mol. The molecule has 0 radical (unpaired) electrons. The Morgan fingerprint density at radius 3 is 1.91 bits per heavy atom. The molecule has 0 spiro atoms. The number of rotatable bonds is 6. The van der Waals surface area contributed by atoms with Gasteiger partial charge in [0.05, 0.1) is 6.54 Å². The summed E-state index contributed by atoms with van der Waals surface area (Å²) in [5.41, 5.74) is 8.31. The van der Waals surface area contributed by atoms with Gasteiger partial charge in [0, 0.05) is 21.7 Å². The fourth-order valence-electron chi connectivity index (χ4n) is 5.42. The standard InChI is InChI=1S/C31H36ClNO2/c32-29-18-12-11-17-28(29)31(35-30(34)23-33,26-15-9-6-10-16-26)27-21-19-25(20-22-27)24-13-7-4-2-1-3-5-8-14-24/h6,9-12,15-22,24H,1-5,7-8,13-14,23,33H2. The van der Waals surface area contributed by atoms with E-state index in [1.54, 1.807) is 0 Å². The van der Waals surface area contributed by atoms with Crippen molar-refractivity contribution in [3.8, 4) is 0 Å². The fraction of sp³-hybridized carbons (Fsp3) is 0.387. The summed E-state index contributed by atoms with van der Waals surface area (Å²) < 4.78 is 6.23. The molecule has 3 aromatic rings. The van der Waals surface area contributed by atoms with Crippen LogP contribution < -0.4 is 5.73 Å². The van der Waals surface area contributed by atoms with Gasteiger partial charge in [0.2, 0.25) is 0 Å². The van der Waals surface area contributed by atoms with Crippen LogP contribution in [0.25, 0.3) is 0 Å².